The second-order valence-electron chi connectivity index (χ2n) is 2.88. The second-order valence-corrected chi connectivity index (χ2v) is 2.88. The minimum absolute atomic E-state index is 0.845. The van der Waals surface area contributed by atoms with Crippen LogP contribution in [0.15, 0.2) is 6.08 Å². The minimum atomic E-state index is -0.942. The fourth-order valence-electron chi connectivity index (χ4n) is 1.19. The predicted octanol–water partition coefficient (Wildman–Crippen LogP) is 1.13. The van der Waals surface area contributed by atoms with Crippen LogP contribution >= 0.6 is 0 Å². The van der Waals surface area contributed by atoms with Gasteiger partial charge in [0, 0.05) is 24.4 Å². The van der Waals surface area contributed by atoms with Crippen LogP contribution in [0.1, 0.15) is 17.0 Å². The van der Waals surface area contributed by atoms with Gasteiger partial charge in [0.25, 0.3) is 0 Å². The first-order valence-corrected chi connectivity index (χ1v) is 3.93. The Bertz CT molecular complexity index is 364. The number of aryl methyl sites for hydroxylation is 2. The van der Waals surface area contributed by atoms with E-state index in [9.17, 15) is 4.79 Å². The highest BCUT2D eigenvalue weighted by molar-refractivity contribution is 5.85. The van der Waals surface area contributed by atoms with Gasteiger partial charge in [0.2, 0.25) is 0 Å². The quantitative estimate of drug-likeness (QED) is 0.694. The molecule has 1 aromatic heterocycles. The van der Waals surface area contributed by atoms with Gasteiger partial charge in [-0.3, -0.25) is 4.68 Å². The van der Waals surface area contributed by atoms with Gasteiger partial charge in [-0.2, -0.15) is 5.10 Å². The third kappa shape index (κ3) is 1.96. The molecule has 13 heavy (non-hydrogen) atoms. The fraction of sp³-hybridized carbons (Fsp3) is 0.333. The number of carbonyl (C=O) groups is 1. The lowest BCUT2D eigenvalue weighted by atomic mass is 10.2. The molecule has 0 aliphatic heterocycles. The van der Waals surface area contributed by atoms with Crippen molar-refractivity contribution in [3.8, 4) is 0 Å². The highest BCUT2D eigenvalue weighted by atomic mass is 16.4. The first kappa shape index (κ1) is 9.51. The molecule has 0 spiro atoms. The van der Waals surface area contributed by atoms with E-state index in [0.29, 0.717) is 0 Å². The molecular formula is C9H12N2O2. The van der Waals surface area contributed by atoms with Crippen molar-refractivity contribution in [2.75, 3.05) is 0 Å². The Kier molecular flexibility index (Phi) is 2.51. The summed E-state index contributed by atoms with van der Waals surface area (Å²) in [5, 5.41) is 12.6. The molecule has 0 radical (unpaired) electrons. The van der Waals surface area contributed by atoms with Gasteiger partial charge >= 0.3 is 5.97 Å². The summed E-state index contributed by atoms with van der Waals surface area (Å²) in [6, 6.07) is 0. The number of aliphatic carboxylic acids is 1. The van der Waals surface area contributed by atoms with Crippen LogP contribution < -0.4 is 0 Å². The monoisotopic (exact) mass is 180 g/mol. The van der Waals surface area contributed by atoms with Crippen molar-refractivity contribution in [1.82, 2.24) is 9.78 Å². The highest BCUT2D eigenvalue weighted by Crippen LogP contribution is 2.13. The molecular weight excluding hydrogens is 168 g/mol. The molecule has 0 atom stereocenters. The van der Waals surface area contributed by atoms with Crippen LogP contribution in [-0.2, 0) is 11.8 Å². The summed E-state index contributed by atoms with van der Waals surface area (Å²) in [4.78, 5) is 10.3. The minimum Gasteiger partial charge on any atom is -0.478 e. The molecule has 4 nitrogen and oxygen atoms in total. The van der Waals surface area contributed by atoms with E-state index in [1.165, 1.54) is 0 Å². The summed E-state index contributed by atoms with van der Waals surface area (Å²) >= 11 is 0. The Morgan fingerprint density at radius 1 is 1.54 bits per heavy atom. The molecule has 0 saturated carbocycles. The van der Waals surface area contributed by atoms with Crippen molar-refractivity contribution in [3.05, 3.63) is 23.0 Å². The third-order valence-electron chi connectivity index (χ3n) is 1.96. The van der Waals surface area contributed by atoms with Gasteiger partial charge in [0.1, 0.15) is 0 Å². The van der Waals surface area contributed by atoms with Crippen molar-refractivity contribution < 1.29 is 9.90 Å². The molecule has 0 aliphatic rings. The summed E-state index contributed by atoms with van der Waals surface area (Å²) in [6.07, 6.45) is 2.69. The summed E-state index contributed by atoms with van der Waals surface area (Å²) in [7, 11) is 1.83. The van der Waals surface area contributed by atoms with E-state index in [4.69, 9.17) is 5.11 Å². The van der Waals surface area contributed by atoms with E-state index in [1.54, 1.807) is 10.8 Å². The molecule has 0 aliphatic carbocycles. The summed E-state index contributed by atoms with van der Waals surface area (Å²) in [5.41, 5.74) is 2.69. The SMILES string of the molecule is Cc1nn(C)c(C)c1/C=C\C(=O)O. The zero-order valence-corrected chi connectivity index (χ0v) is 7.90. The molecule has 1 heterocycles. The number of hydrogen-bond donors (Lipinski definition) is 1. The van der Waals surface area contributed by atoms with Gasteiger partial charge in [-0.25, -0.2) is 4.79 Å². The Morgan fingerprint density at radius 3 is 2.54 bits per heavy atom. The van der Waals surface area contributed by atoms with Crippen LogP contribution in [0.4, 0.5) is 0 Å². The zero-order valence-electron chi connectivity index (χ0n) is 7.90. The fourth-order valence-corrected chi connectivity index (χ4v) is 1.19. The molecule has 1 aromatic rings. The first-order chi connectivity index (χ1) is 6.02. The molecule has 0 amide bonds. The molecule has 1 N–H and O–H groups in total. The average molecular weight is 180 g/mol. The summed E-state index contributed by atoms with van der Waals surface area (Å²) in [6.45, 7) is 3.76. The van der Waals surface area contributed by atoms with Crippen molar-refractivity contribution >= 4 is 12.0 Å². The van der Waals surface area contributed by atoms with E-state index < -0.39 is 5.97 Å². The first-order valence-electron chi connectivity index (χ1n) is 3.93. The lowest BCUT2D eigenvalue weighted by molar-refractivity contribution is -0.131. The van der Waals surface area contributed by atoms with Gasteiger partial charge in [0.05, 0.1) is 5.69 Å². The van der Waals surface area contributed by atoms with Gasteiger partial charge in [-0.1, -0.05) is 0 Å². The number of hydrogen-bond acceptors (Lipinski definition) is 2. The highest BCUT2D eigenvalue weighted by Gasteiger charge is 2.05. The van der Waals surface area contributed by atoms with Crippen molar-refractivity contribution in [1.29, 1.82) is 0 Å². The van der Waals surface area contributed by atoms with Gasteiger partial charge in [0.15, 0.2) is 0 Å². The molecule has 0 unspecified atom stereocenters. The van der Waals surface area contributed by atoms with Crippen LogP contribution in [0.25, 0.3) is 6.08 Å². The Morgan fingerprint density at radius 2 is 2.15 bits per heavy atom. The number of carboxylic acid groups (broad SMARTS) is 1. The van der Waals surface area contributed by atoms with Crippen LogP contribution in [0, 0.1) is 13.8 Å². The number of rotatable bonds is 2. The predicted molar refractivity (Wildman–Crippen MR) is 49.4 cm³/mol. The van der Waals surface area contributed by atoms with Crippen molar-refractivity contribution in [3.63, 3.8) is 0 Å². The molecule has 70 valence electrons. The van der Waals surface area contributed by atoms with Gasteiger partial charge in [-0.05, 0) is 19.9 Å². The van der Waals surface area contributed by atoms with Crippen LogP contribution in [-0.4, -0.2) is 20.9 Å². The van der Waals surface area contributed by atoms with E-state index in [1.807, 2.05) is 20.9 Å². The van der Waals surface area contributed by atoms with E-state index in [0.717, 1.165) is 23.0 Å². The van der Waals surface area contributed by atoms with E-state index >= 15 is 0 Å². The maximum Gasteiger partial charge on any atom is 0.328 e. The molecule has 4 heteroatoms. The lowest BCUT2D eigenvalue weighted by Gasteiger charge is -1.93. The molecule has 1 rings (SSSR count). The normalized spacial score (nSPS) is 11.0. The molecule has 0 aromatic carbocycles. The second kappa shape index (κ2) is 3.43. The van der Waals surface area contributed by atoms with Gasteiger partial charge < -0.3 is 5.11 Å². The molecule has 0 fully saturated rings. The van der Waals surface area contributed by atoms with Crippen LogP contribution in [0.2, 0.25) is 0 Å². The van der Waals surface area contributed by atoms with Crippen LogP contribution in [0.5, 0.6) is 0 Å². The molecule has 0 saturated heterocycles. The maximum absolute atomic E-state index is 10.3. The maximum atomic E-state index is 10.3. The lowest BCUT2D eigenvalue weighted by Crippen LogP contribution is -1.92. The smallest absolute Gasteiger partial charge is 0.328 e. The van der Waals surface area contributed by atoms with Crippen molar-refractivity contribution in [2.24, 2.45) is 7.05 Å². The summed E-state index contributed by atoms with van der Waals surface area (Å²) < 4.78 is 1.73. The number of carboxylic acids is 1. The van der Waals surface area contributed by atoms with Crippen molar-refractivity contribution in [2.45, 2.75) is 13.8 Å². The van der Waals surface area contributed by atoms with E-state index in [2.05, 4.69) is 5.10 Å². The Balaban J connectivity index is 3.07. The summed E-state index contributed by atoms with van der Waals surface area (Å²) in [5.74, 6) is -0.942. The zero-order chi connectivity index (χ0) is 10.0. The number of aromatic nitrogens is 2. The third-order valence-corrected chi connectivity index (χ3v) is 1.96. The number of nitrogens with zero attached hydrogens (tertiary/aromatic N) is 2. The average Bonchev–Trinajstić information content (AvgIpc) is 2.24. The standard InChI is InChI=1S/C9H12N2O2/c1-6-8(4-5-9(12)13)7(2)11(3)10-6/h4-5H,1-3H3,(H,12,13)/b5-4-. The largest absolute Gasteiger partial charge is 0.478 e. The Hall–Kier alpha value is -1.58. The van der Waals surface area contributed by atoms with Crippen LogP contribution in [0.3, 0.4) is 0 Å². The van der Waals surface area contributed by atoms with Gasteiger partial charge in [-0.15, -0.1) is 0 Å². The Labute approximate surface area is 76.5 Å². The topological polar surface area (TPSA) is 55.1 Å². The molecule has 0 bridgehead atoms. The van der Waals surface area contributed by atoms with E-state index in [-0.39, 0.29) is 0 Å².